The summed E-state index contributed by atoms with van der Waals surface area (Å²) in [6.45, 7) is 0.584. The number of nitrogens with two attached hydrogens (primary N) is 7. The number of hydrogen-bond acceptors (Lipinski definition) is 9. The zero-order valence-corrected chi connectivity index (χ0v) is 34.5. The van der Waals surface area contributed by atoms with Crippen molar-refractivity contribution < 1.29 is 50.1 Å². The van der Waals surface area contributed by atoms with Gasteiger partial charge in [0, 0.05) is 50.4 Å². The van der Waals surface area contributed by atoms with Crippen LogP contribution in [-0.2, 0) is 12.4 Å². The minimum Gasteiger partial charge on any atom is -0.493 e. The Labute approximate surface area is 360 Å². The number of aliphatic imine (C=N–C) groups is 4. The van der Waals surface area contributed by atoms with Gasteiger partial charge in [0.25, 0.3) is 0 Å². The number of anilines is 2. The van der Waals surface area contributed by atoms with E-state index in [1.54, 1.807) is 0 Å². The number of guanidine groups is 4. The number of carbonyl (C=O) groups is 1. The number of amides is 2. The average molecular weight is 903 g/mol. The van der Waals surface area contributed by atoms with Crippen LogP contribution in [0.25, 0.3) is 0 Å². The minimum absolute atomic E-state index is 0.0422. The van der Waals surface area contributed by atoms with Crippen LogP contribution in [0.2, 0.25) is 0 Å². The van der Waals surface area contributed by atoms with Gasteiger partial charge in [-0.15, -0.1) is 0 Å². The Hall–Kier alpha value is -6.69. The SMILES string of the molecule is NC(N)=NCCCCOc1cc(OCCCCN=C(N)N)c(C(F)(F)F)cc1NC(=O)Nc1cc(C(F)(F)F)c(OCCCCN=C(N)N)cc1OCCCCN=C(N)NC1=CC1. The number of allylic oxidation sites excluding steroid dienone is 2. The van der Waals surface area contributed by atoms with Gasteiger partial charge in [-0.1, -0.05) is 6.08 Å². The quantitative estimate of drug-likeness (QED) is 0.0263. The lowest BCUT2D eigenvalue weighted by atomic mass is 10.1. The van der Waals surface area contributed by atoms with Crippen LogP contribution in [0.3, 0.4) is 0 Å². The summed E-state index contributed by atoms with van der Waals surface area (Å²) in [6.07, 6.45) is -4.26. The van der Waals surface area contributed by atoms with Gasteiger partial charge in [0.15, 0.2) is 23.8 Å². The van der Waals surface area contributed by atoms with Gasteiger partial charge in [-0.05, 0) is 63.5 Å². The van der Waals surface area contributed by atoms with E-state index in [-0.39, 0.29) is 94.2 Å². The minimum atomic E-state index is -4.98. The van der Waals surface area contributed by atoms with Crippen molar-refractivity contribution in [2.45, 2.75) is 70.1 Å². The molecule has 19 nitrogen and oxygen atoms in total. The molecule has 350 valence electrons. The zero-order chi connectivity index (χ0) is 46.4. The fraction of sp³-hybridized carbons (Fsp3) is 0.500. The molecule has 25 heteroatoms. The lowest BCUT2D eigenvalue weighted by Crippen LogP contribution is -2.28. The molecule has 0 aromatic heterocycles. The summed E-state index contributed by atoms with van der Waals surface area (Å²) in [5.74, 6) is -1.83. The van der Waals surface area contributed by atoms with E-state index in [0.29, 0.717) is 57.2 Å². The van der Waals surface area contributed by atoms with Crippen LogP contribution in [0.1, 0.15) is 68.9 Å². The number of unbranched alkanes of at least 4 members (excludes halogenated alkanes) is 4. The molecule has 0 unspecified atom stereocenters. The third-order valence-electron chi connectivity index (χ3n) is 8.37. The van der Waals surface area contributed by atoms with Crippen LogP contribution in [-0.4, -0.2) is 82.5 Å². The zero-order valence-electron chi connectivity index (χ0n) is 34.5. The molecule has 1 aliphatic carbocycles. The van der Waals surface area contributed by atoms with Crippen molar-refractivity contribution in [1.29, 1.82) is 0 Å². The van der Waals surface area contributed by atoms with Crippen molar-refractivity contribution >= 4 is 41.2 Å². The number of halogens is 6. The van der Waals surface area contributed by atoms with E-state index >= 15 is 0 Å². The third kappa shape index (κ3) is 20.2. The first-order chi connectivity index (χ1) is 29.8. The monoisotopic (exact) mass is 902 g/mol. The summed E-state index contributed by atoms with van der Waals surface area (Å²) in [6, 6.07) is 1.90. The summed E-state index contributed by atoms with van der Waals surface area (Å²) in [4.78, 5) is 29.3. The second-order valence-electron chi connectivity index (χ2n) is 13.7. The van der Waals surface area contributed by atoms with Crippen LogP contribution in [0, 0.1) is 0 Å². The smallest absolute Gasteiger partial charge is 0.420 e. The molecule has 0 saturated heterocycles. The summed E-state index contributed by atoms with van der Waals surface area (Å²) < 4.78 is 109. The predicted octanol–water partition coefficient (Wildman–Crippen LogP) is 4.02. The highest BCUT2D eigenvalue weighted by molar-refractivity contribution is 6.02. The predicted molar refractivity (Wildman–Crippen MR) is 229 cm³/mol. The number of nitrogens with zero attached hydrogens (tertiary/aromatic N) is 4. The fourth-order valence-corrected chi connectivity index (χ4v) is 5.28. The summed E-state index contributed by atoms with van der Waals surface area (Å²) >= 11 is 0. The summed E-state index contributed by atoms with van der Waals surface area (Å²) in [5.41, 5.74) is 35.3. The molecule has 2 aromatic carbocycles. The summed E-state index contributed by atoms with van der Waals surface area (Å²) in [5, 5.41) is 7.48. The maximum atomic E-state index is 14.5. The van der Waals surface area contributed by atoms with E-state index in [4.69, 9.17) is 59.1 Å². The van der Waals surface area contributed by atoms with Crippen LogP contribution in [0.4, 0.5) is 42.5 Å². The number of rotatable bonds is 27. The van der Waals surface area contributed by atoms with Crippen molar-refractivity contribution in [3.8, 4) is 23.0 Å². The molecule has 1 aliphatic rings. The molecule has 2 amide bonds. The van der Waals surface area contributed by atoms with E-state index in [1.165, 1.54) is 0 Å². The van der Waals surface area contributed by atoms with Gasteiger partial charge < -0.3 is 75.0 Å². The second kappa shape index (κ2) is 25.3. The van der Waals surface area contributed by atoms with Crippen molar-refractivity contribution in [2.75, 3.05) is 63.2 Å². The largest absolute Gasteiger partial charge is 0.493 e. The number of ether oxygens (including phenoxy) is 4. The summed E-state index contributed by atoms with van der Waals surface area (Å²) in [7, 11) is 0. The lowest BCUT2D eigenvalue weighted by Gasteiger charge is -2.21. The first-order valence-electron chi connectivity index (χ1n) is 19.8. The fourth-order valence-electron chi connectivity index (χ4n) is 5.28. The topological polar surface area (TPSA) is 322 Å². The van der Waals surface area contributed by atoms with Gasteiger partial charge in [0.2, 0.25) is 0 Å². The number of urea groups is 1. The van der Waals surface area contributed by atoms with Crippen molar-refractivity contribution in [2.24, 2.45) is 60.1 Å². The molecular weight excluding hydrogens is 846 g/mol. The van der Waals surface area contributed by atoms with Gasteiger partial charge in [-0.25, -0.2) is 4.79 Å². The Balaban J connectivity index is 1.91. The number of hydrogen-bond donors (Lipinski definition) is 10. The number of carbonyl (C=O) groups excluding carboxylic acids is 1. The van der Waals surface area contributed by atoms with Gasteiger partial charge in [0.05, 0.1) is 48.9 Å². The van der Waals surface area contributed by atoms with E-state index in [1.807, 2.05) is 6.08 Å². The molecule has 17 N–H and O–H groups in total. The van der Waals surface area contributed by atoms with Crippen LogP contribution < -0.4 is 75.0 Å². The number of benzene rings is 2. The van der Waals surface area contributed by atoms with Gasteiger partial charge in [-0.2, -0.15) is 26.3 Å². The molecule has 0 bridgehead atoms. The average Bonchev–Trinajstić information content (AvgIpc) is 4.01. The molecule has 63 heavy (non-hydrogen) atoms. The second-order valence-corrected chi connectivity index (χ2v) is 13.7. The Morgan fingerprint density at radius 2 is 0.841 bits per heavy atom. The van der Waals surface area contributed by atoms with Crippen molar-refractivity contribution in [3.63, 3.8) is 0 Å². The molecule has 0 heterocycles. The highest BCUT2D eigenvalue weighted by Gasteiger charge is 2.37. The molecule has 0 atom stereocenters. The van der Waals surface area contributed by atoms with E-state index in [9.17, 15) is 31.1 Å². The van der Waals surface area contributed by atoms with Crippen LogP contribution in [0.15, 0.2) is 56.0 Å². The Morgan fingerprint density at radius 3 is 1.16 bits per heavy atom. The number of nitrogens with one attached hydrogen (secondary N) is 3. The van der Waals surface area contributed by atoms with Crippen molar-refractivity contribution in [3.05, 3.63) is 47.2 Å². The van der Waals surface area contributed by atoms with Crippen LogP contribution in [0.5, 0.6) is 23.0 Å². The molecule has 0 aliphatic heterocycles. The molecule has 0 radical (unpaired) electrons. The lowest BCUT2D eigenvalue weighted by molar-refractivity contribution is -0.139. The maximum Gasteiger partial charge on any atom is 0.420 e. The van der Waals surface area contributed by atoms with Gasteiger partial charge in [-0.3, -0.25) is 20.0 Å². The maximum absolute atomic E-state index is 14.5. The van der Waals surface area contributed by atoms with Gasteiger partial charge >= 0.3 is 18.4 Å². The molecule has 0 saturated carbocycles. The first kappa shape index (κ1) is 50.7. The van der Waals surface area contributed by atoms with E-state index < -0.39 is 52.4 Å². The molecule has 2 aromatic rings. The molecule has 0 fully saturated rings. The number of alkyl halides is 6. The standard InChI is InChI=1S/C38H56F6N14O5/c39-37(40,41)24-19-26(30(62-17-7-3-13-54-34(49)50)21-28(24)60-15-5-1-11-52-32(45)46)57-36(59)58-27-20-25(38(42,43)44)29(61-16-6-2-12-53-33(47)48)22-31(27)63-18-8-4-14-55-35(51)56-23-9-10-23/h9,19-22H,1-8,10-18H2,(H4,45,46,52)(H4,47,48,53)(H4,49,50,54)(H3,51,55,56)(H2,57,58,59). The Kier molecular flexibility index (Phi) is 20.3. The molecule has 0 spiro atoms. The third-order valence-corrected chi connectivity index (χ3v) is 8.37. The van der Waals surface area contributed by atoms with Crippen molar-refractivity contribution in [1.82, 2.24) is 5.32 Å². The van der Waals surface area contributed by atoms with E-state index in [0.717, 1.165) is 24.3 Å². The van der Waals surface area contributed by atoms with Gasteiger partial charge in [0.1, 0.15) is 23.0 Å². The highest BCUT2D eigenvalue weighted by atomic mass is 19.4. The molecule has 3 rings (SSSR count). The Morgan fingerprint density at radius 1 is 0.508 bits per heavy atom. The highest BCUT2D eigenvalue weighted by Crippen LogP contribution is 2.44. The normalized spacial score (nSPS) is 12.3. The Bertz CT molecular complexity index is 1950. The van der Waals surface area contributed by atoms with E-state index in [2.05, 4.69) is 35.9 Å². The first-order valence-corrected chi connectivity index (χ1v) is 19.8. The van der Waals surface area contributed by atoms with Crippen LogP contribution >= 0.6 is 0 Å². The molecular formula is C38H56F6N14O5.